The van der Waals surface area contributed by atoms with Crippen LogP contribution in [0.2, 0.25) is 0 Å². The van der Waals surface area contributed by atoms with E-state index in [0.29, 0.717) is 0 Å². The molecule has 0 bridgehead atoms. The van der Waals surface area contributed by atoms with Crippen LogP contribution in [0.4, 0.5) is 0 Å². The number of rotatable bonds is 6. The lowest BCUT2D eigenvalue weighted by atomic mass is 10.7. The van der Waals surface area contributed by atoms with Gasteiger partial charge in [0.05, 0.1) is 9.16 Å². The standard InChI is InChI=1S/C8H14O2S3/c1-5-7(12(3)9)11-8(6-2)13(4)10/h5-8H,1-2H2,3-4H3. The zero-order valence-electron chi connectivity index (χ0n) is 7.76. The lowest BCUT2D eigenvalue weighted by Gasteiger charge is -2.13. The van der Waals surface area contributed by atoms with Crippen molar-refractivity contribution in [1.29, 1.82) is 0 Å². The van der Waals surface area contributed by atoms with Crippen molar-refractivity contribution in [1.82, 2.24) is 0 Å². The Labute approximate surface area is 88.8 Å². The molecule has 13 heavy (non-hydrogen) atoms. The summed E-state index contributed by atoms with van der Waals surface area (Å²) in [4.78, 5) is 0. The van der Waals surface area contributed by atoms with E-state index >= 15 is 0 Å². The Balaban J connectivity index is 4.36. The van der Waals surface area contributed by atoms with Crippen molar-refractivity contribution in [3.05, 3.63) is 25.3 Å². The molecule has 4 atom stereocenters. The van der Waals surface area contributed by atoms with Gasteiger partial charge in [-0.1, -0.05) is 12.2 Å². The fourth-order valence-corrected chi connectivity index (χ4v) is 3.88. The van der Waals surface area contributed by atoms with Gasteiger partial charge in [-0.15, -0.1) is 24.9 Å². The van der Waals surface area contributed by atoms with Crippen LogP contribution < -0.4 is 0 Å². The first-order valence-electron chi connectivity index (χ1n) is 3.58. The van der Waals surface area contributed by atoms with E-state index in [4.69, 9.17) is 0 Å². The average molecular weight is 238 g/mol. The third-order valence-electron chi connectivity index (χ3n) is 1.31. The van der Waals surface area contributed by atoms with Gasteiger partial charge in [-0.05, 0) is 0 Å². The second-order valence-electron chi connectivity index (χ2n) is 2.34. The Bertz CT molecular complexity index is 214. The molecule has 5 heteroatoms. The third-order valence-corrected chi connectivity index (χ3v) is 6.22. The average Bonchev–Trinajstić information content (AvgIpc) is 2.05. The molecule has 0 aromatic heterocycles. The highest BCUT2D eigenvalue weighted by molar-refractivity contribution is 8.18. The molecule has 0 N–H and O–H groups in total. The van der Waals surface area contributed by atoms with Crippen LogP contribution in [0.25, 0.3) is 0 Å². The van der Waals surface area contributed by atoms with Gasteiger partial charge in [0.25, 0.3) is 0 Å². The minimum Gasteiger partial charge on any atom is -0.258 e. The SMILES string of the molecule is C=CC(SC(C=C)S(C)=O)S(C)=O. The van der Waals surface area contributed by atoms with Gasteiger partial charge in [-0.3, -0.25) is 8.42 Å². The summed E-state index contributed by atoms with van der Waals surface area (Å²) in [6.45, 7) is 7.16. The number of hydrogen-bond donors (Lipinski definition) is 0. The molecule has 0 aromatic rings. The molecule has 0 fully saturated rings. The fourth-order valence-electron chi connectivity index (χ4n) is 0.671. The molecule has 0 heterocycles. The predicted octanol–water partition coefficient (Wildman–Crippen LogP) is 1.50. The lowest BCUT2D eigenvalue weighted by Crippen LogP contribution is -2.14. The van der Waals surface area contributed by atoms with Gasteiger partial charge >= 0.3 is 0 Å². The molecule has 0 aromatic carbocycles. The van der Waals surface area contributed by atoms with Crippen molar-refractivity contribution in [2.75, 3.05) is 12.5 Å². The largest absolute Gasteiger partial charge is 0.258 e. The molecule has 0 saturated heterocycles. The molecule has 0 aliphatic carbocycles. The quantitative estimate of drug-likeness (QED) is 0.658. The van der Waals surface area contributed by atoms with Crippen LogP contribution in [0.5, 0.6) is 0 Å². The Morgan fingerprint density at radius 1 is 1.08 bits per heavy atom. The van der Waals surface area contributed by atoms with Crippen molar-refractivity contribution < 1.29 is 8.42 Å². The van der Waals surface area contributed by atoms with Crippen LogP contribution in [0.3, 0.4) is 0 Å². The zero-order chi connectivity index (χ0) is 10.4. The van der Waals surface area contributed by atoms with Crippen LogP contribution in [0, 0.1) is 0 Å². The summed E-state index contributed by atoms with van der Waals surface area (Å²) in [7, 11) is -1.96. The normalized spacial score (nSPS) is 19.8. The summed E-state index contributed by atoms with van der Waals surface area (Å²) in [6, 6.07) is 0. The van der Waals surface area contributed by atoms with Gasteiger partial charge in [-0.2, -0.15) is 0 Å². The van der Waals surface area contributed by atoms with E-state index in [1.807, 2.05) is 0 Å². The third kappa shape index (κ3) is 4.78. The maximum atomic E-state index is 11.1. The molecule has 0 spiro atoms. The van der Waals surface area contributed by atoms with Gasteiger partial charge in [-0.25, -0.2) is 0 Å². The molecule has 4 unspecified atom stereocenters. The van der Waals surface area contributed by atoms with E-state index in [1.165, 1.54) is 11.8 Å². The van der Waals surface area contributed by atoms with E-state index < -0.39 is 21.6 Å². The minimum absolute atomic E-state index is 0.174. The van der Waals surface area contributed by atoms with Gasteiger partial charge in [0, 0.05) is 34.1 Å². The summed E-state index contributed by atoms with van der Waals surface area (Å²) < 4.78 is 21.9. The van der Waals surface area contributed by atoms with E-state index in [0.717, 1.165) is 0 Å². The number of thioether (sulfide) groups is 1. The molecule has 2 nitrogen and oxygen atoms in total. The first-order chi connectivity index (χ1) is 6.02. The van der Waals surface area contributed by atoms with E-state index in [1.54, 1.807) is 24.7 Å². The summed E-state index contributed by atoms with van der Waals surface area (Å²) >= 11 is 1.37. The second-order valence-corrected chi connectivity index (χ2v) is 7.24. The summed E-state index contributed by atoms with van der Waals surface area (Å²) in [6.07, 6.45) is 6.45. The Kier molecular flexibility index (Phi) is 6.63. The van der Waals surface area contributed by atoms with Gasteiger partial charge < -0.3 is 0 Å². The number of hydrogen-bond acceptors (Lipinski definition) is 3. The van der Waals surface area contributed by atoms with Gasteiger partial charge in [0.15, 0.2) is 0 Å². The maximum absolute atomic E-state index is 11.1. The maximum Gasteiger partial charge on any atom is 0.0991 e. The van der Waals surface area contributed by atoms with Crippen LogP contribution in [-0.2, 0) is 21.6 Å². The van der Waals surface area contributed by atoms with E-state index in [9.17, 15) is 8.42 Å². The Morgan fingerprint density at radius 3 is 1.54 bits per heavy atom. The molecule has 0 saturated carbocycles. The van der Waals surface area contributed by atoms with Gasteiger partial charge in [0.1, 0.15) is 0 Å². The van der Waals surface area contributed by atoms with Crippen LogP contribution >= 0.6 is 11.8 Å². The van der Waals surface area contributed by atoms with Crippen molar-refractivity contribution in [2.24, 2.45) is 0 Å². The zero-order valence-corrected chi connectivity index (χ0v) is 10.2. The molecule has 76 valence electrons. The monoisotopic (exact) mass is 238 g/mol. The Hall–Kier alpha value is 0.130. The van der Waals surface area contributed by atoms with Crippen molar-refractivity contribution in [3.8, 4) is 0 Å². The summed E-state index contributed by atoms with van der Waals surface area (Å²) in [5, 5.41) is 0. The van der Waals surface area contributed by atoms with Crippen LogP contribution in [-0.4, -0.2) is 30.1 Å². The fraction of sp³-hybridized carbons (Fsp3) is 0.500. The lowest BCUT2D eigenvalue weighted by molar-refractivity contribution is 0.687. The first kappa shape index (κ1) is 13.1. The highest BCUT2D eigenvalue weighted by Crippen LogP contribution is 2.23. The van der Waals surface area contributed by atoms with Gasteiger partial charge in [0.2, 0.25) is 0 Å². The Morgan fingerprint density at radius 2 is 1.38 bits per heavy atom. The minimum atomic E-state index is -0.979. The van der Waals surface area contributed by atoms with Crippen molar-refractivity contribution >= 4 is 33.4 Å². The van der Waals surface area contributed by atoms with Crippen LogP contribution in [0.15, 0.2) is 25.3 Å². The van der Waals surface area contributed by atoms with E-state index in [2.05, 4.69) is 13.2 Å². The summed E-state index contributed by atoms with van der Waals surface area (Å²) in [5.41, 5.74) is 0. The topological polar surface area (TPSA) is 34.1 Å². The second kappa shape index (κ2) is 6.56. The van der Waals surface area contributed by atoms with Crippen LogP contribution in [0.1, 0.15) is 0 Å². The molecule has 0 amide bonds. The summed E-state index contributed by atoms with van der Waals surface area (Å²) in [5.74, 6) is 0. The predicted molar refractivity (Wildman–Crippen MR) is 63.7 cm³/mol. The molecule has 0 aliphatic heterocycles. The van der Waals surface area contributed by atoms with Crippen molar-refractivity contribution in [2.45, 2.75) is 9.16 Å². The first-order valence-corrected chi connectivity index (χ1v) is 7.76. The molecule has 0 rings (SSSR count). The van der Waals surface area contributed by atoms with Crippen molar-refractivity contribution in [3.63, 3.8) is 0 Å². The molecular formula is C8H14O2S3. The highest BCUT2D eigenvalue weighted by atomic mass is 32.3. The smallest absolute Gasteiger partial charge is 0.0991 e. The van der Waals surface area contributed by atoms with E-state index in [-0.39, 0.29) is 9.16 Å². The highest BCUT2D eigenvalue weighted by Gasteiger charge is 2.17. The molecular weight excluding hydrogens is 224 g/mol. The molecule has 0 aliphatic rings. The molecule has 0 radical (unpaired) electrons.